The number of nitrogens with one attached hydrogen (secondary N) is 1. The molecule has 0 saturated heterocycles. The van der Waals surface area contributed by atoms with Crippen LogP contribution >= 0.6 is 0 Å². The Labute approximate surface area is 158 Å². The topological polar surface area (TPSA) is 69.0 Å². The quantitative estimate of drug-likeness (QED) is 0.737. The van der Waals surface area contributed by atoms with Gasteiger partial charge in [0.25, 0.3) is 5.91 Å². The summed E-state index contributed by atoms with van der Waals surface area (Å²) >= 11 is 0. The van der Waals surface area contributed by atoms with Crippen LogP contribution in [-0.4, -0.2) is 27.3 Å². The van der Waals surface area contributed by atoms with E-state index in [1.54, 1.807) is 29.1 Å². The molecule has 1 aromatic carbocycles. The van der Waals surface area contributed by atoms with Crippen molar-refractivity contribution in [3.8, 4) is 5.88 Å². The number of rotatable bonds is 5. The van der Waals surface area contributed by atoms with Crippen LogP contribution in [0.3, 0.4) is 0 Å². The van der Waals surface area contributed by atoms with Crippen LogP contribution in [0.15, 0.2) is 42.6 Å². The average Bonchev–Trinajstić information content (AvgIpc) is 3.03. The van der Waals surface area contributed by atoms with E-state index in [0.29, 0.717) is 23.2 Å². The summed E-state index contributed by atoms with van der Waals surface area (Å²) in [6.07, 6.45) is 8.04. The monoisotopic (exact) mass is 364 g/mol. The summed E-state index contributed by atoms with van der Waals surface area (Å²) in [4.78, 5) is 16.4. The Bertz CT molecular complexity index is 930. The molecule has 6 nitrogen and oxygen atoms in total. The molecule has 6 heteroatoms. The Morgan fingerprint density at radius 2 is 2.07 bits per heavy atom. The standard InChI is InChI=1S/C21H24N4O2/c1-25-19-13-16(23-20(26)18-9-5-6-12-22-18)10-11-17(19)21(24-25)27-14-15-7-3-2-4-8-15/h5-6,9-13,15H,2-4,7-8,14H2,1H3,(H,23,26). The molecule has 1 aliphatic carbocycles. The molecule has 1 amide bonds. The van der Waals surface area contributed by atoms with Crippen LogP contribution in [0.4, 0.5) is 5.69 Å². The van der Waals surface area contributed by atoms with Crippen LogP contribution in [0, 0.1) is 5.92 Å². The molecule has 27 heavy (non-hydrogen) atoms. The van der Waals surface area contributed by atoms with Gasteiger partial charge in [0.1, 0.15) is 5.69 Å². The minimum atomic E-state index is -0.231. The summed E-state index contributed by atoms with van der Waals surface area (Å²) in [7, 11) is 1.89. The number of hydrogen-bond acceptors (Lipinski definition) is 4. The molecular formula is C21H24N4O2. The third-order valence-electron chi connectivity index (χ3n) is 5.15. The zero-order chi connectivity index (χ0) is 18.6. The normalized spacial score (nSPS) is 15.0. The first-order valence-corrected chi connectivity index (χ1v) is 9.52. The molecule has 0 radical (unpaired) electrons. The first kappa shape index (κ1) is 17.5. The number of anilines is 1. The number of aryl methyl sites for hydroxylation is 1. The second-order valence-corrected chi connectivity index (χ2v) is 7.14. The van der Waals surface area contributed by atoms with Crippen LogP contribution in [0.25, 0.3) is 10.9 Å². The number of nitrogens with zero attached hydrogens (tertiary/aromatic N) is 3. The zero-order valence-corrected chi connectivity index (χ0v) is 15.5. The van der Waals surface area contributed by atoms with Crippen LogP contribution < -0.4 is 10.1 Å². The highest BCUT2D eigenvalue weighted by Gasteiger charge is 2.17. The average molecular weight is 364 g/mol. The van der Waals surface area contributed by atoms with Gasteiger partial charge in [0.2, 0.25) is 5.88 Å². The summed E-state index contributed by atoms with van der Waals surface area (Å²) in [5, 5.41) is 8.37. The summed E-state index contributed by atoms with van der Waals surface area (Å²) in [5.74, 6) is 1.07. The fourth-order valence-electron chi connectivity index (χ4n) is 3.65. The number of amides is 1. The molecule has 0 aliphatic heterocycles. The molecule has 0 atom stereocenters. The maximum atomic E-state index is 12.3. The lowest BCUT2D eigenvalue weighted by molar-refractivity contribution is 0.102. The molecule has 0 spiro atoms. The fraction of sp³-hybridized carbons (Fsp3) is 0.381. The van der Waals surface area contributed by atoms with E-state index in [2.05, 4.69) is 15.4 Å². The van der Waals surface area contributed by atoms with Gasteiger partial charge in [0.05, 0.1) is 17.5 Å². The molecule has 3 aromatic rings. The molecule has 0 unspecified atom stereocenters. The van der Waals surface area contributed by atoms with Gasteiger partial charge in [-0.1, -0.05) is 25.3 Å². The van der Waals surface area contributed by atoms with Crippen molar-refractivity contribution in [3.05, 3.63) is 48.3 Å². The lowest BCUT2D eigenvalue weighted by Crippen LogP contribution is -2.15. The predicted molar refractivity (Wildman–Crippen MR) is 105 cm³/mol. The first-order valence-electron chi connectivity index (χ1n) is 9.52. The summed E-state index contributed by atoms with van der Waals surface area (Å²) in [6, 6.07) is 11.0. The molecular weight excluding hydrogens is 340 g/mol. The maximum Gasteiger partial charge on any atom is 0.274 e. The van der Waals surface area contributed by atoms with Crippen molar-refractivity contribution in [1.29, 1.82) is 0 Å². The molecule has 1 fully saturated rings. The Morgan fingerprint density at radius 1 is 1.22 bits per heavy atom. The molecule has 2 aromatic heterocycles. The van der Waals surface area contributed by atoms with E-state index in [-0.39, 0.29) is 5.91 Å². The molecule has 1 N–H and O–H groups in total. The molecule has 1 aliphatic rings. The van der Waals surface area contributed by atoms with Crippen molar-refractivity contribution in [3.63, 3.8) is 0 Å². The summed E-state index contributed by atoms with van der Waals surface area (Å²) < 4.78 is 7.83. The van der Waals surface area contributed by atoms with Crippen LogP contribution in [0.1, 0.15) is 42.6 Å². The van der Waals surface area contributed by atoms with Gasteiger partial charge in [-0.25, -0.2) is 0 Å². The van der Waals surface area contributed by atoms with E-state index in [9.17, 15) is 4.79 Å². The Hall–Kier alpha value is -2.89. The minimum Gasteiger partial charge on any atom is -0.476 e. The van der Waals surface area contributed by atoms with Crippen molar-refractivity contribution in [2.75, 3.05) is 11.9 Å². The van der Waals surface area contributed by atoms with E-state index in [4.69, 9.17) is 4.74 Å². The molecule has 140 valence electrons. The highest BCUT2D eigenvalue weighted by molar-refractivity contribution is 6.03. The third-order valence-corrected chi connectivity index (χ3v) is 5.15. The van der Waals surface area contributed by atoms with E-state index in [0.717, 1.165) is 17.5 Å². The number of carbonyl (C=O) groups is 1. The molecule has 0 bridgehead atoms. The van der Waals surface area contributed by atoms with Gasteiger partial charge >= 0.3 is 0 Å². The van der Waals surface area contributed by atoms with Crippen molar-refractivity contribution in [2.45, 2.75) is 32.1 Å². The maximum absolute atomic E-state index is 12.3. The van der Waals surface area contributed by atoms with Crippen molar-refractivity contribution >= 4 is 22.5 Å². The van der Waals surface area contributed by atoms with Gasteiger partial charge in [-0.3, -0.25) is 14.5 Å². The third kappa shape index (κ3) is 3.94. The Morgan fingerprint density at radius 3 is 2.85 bits per heavy atom. The van der Waals surface area contributed by atoms with E-state index < -0.39 is 0 Å². The largest absolute Gasteiger partial charge is 0.476 e. The van der Waals surface area contributed by atoms with Crippen molar-refractivity contribution in [2.24, 2.45) is 13.0 Å². The summed E-state index contributed by atoms with van der Waals surface area (Å²) in [5.41, 5.74) is 2.02. The summed E-state index contributed by atoms with van der Waals surface area (Å²) in [6.45, 7) is 0.726. The van der Waals surface area contributed by atoms with Gasteiger partial charge in [-0.15, -0.1) is 5.10 Å². The second-order valence-electron chi connectivity index (χ2n) is 7.14. The van der Waals surface area contributed by atoms with Crippen LogP contribution in [-0.2, 0) is 7.05 Å². The molecule has 4 rings (SSSR count). The zero-order valence-electron chi connectivity index (χ0n) is 15.5. The second kappa shape index (κ2) is 7.78. The minimum absolute atomic E-state index is 0.231. The number of pyridine rings is 1. The van der Waals surface area contributed by atoms with Crippen LogP contribution in [0.5, 0.6) is 5.88 Å². The fourth-order valence-corrected chi connectivity index (χ4v) is 3.65. The van der Waals surface area contributed by atoms with E-state index >= 15 is 0 Å². The smallest absolute Gasteiger partial charge is 0.274 e. The number of ether oxygens (including phenoxy) is 1. The van der Waals surface area contributed by atoms with Gasteiger partial charge in [0, 0.05) is 18.9 Å². The SMILES string of the molecule is Cn1nc(OCC2CCCCC2)c2ccc(NC(=O)c3ccccn3)cc21. The number of benzene rings is 1. The van der Waals surface area contributed by atoms with E-state index in [1.807, 2.05) is 25.2 Å². The van der Waals surface area contributed by atoms with Gasteiger partial charge in [-0.2, -0.15) is 0 Å². The van der Waals surface area contributed by atoms with Crippen molar-refractivity contribution < 1.29 is 9.53 Å². The Kier molecular flexibility index (Phi) is 5.05. The van der Waals surface area contributed by atoms with Gasteiger partial charge in [-0.05, 0) is 49.1 Å². The van der Waals surface area contributed by atoms with Gasteiger partial charge in [0.15, 0.2) is 0 Å². The van der Waals surface area contributed by atoms with Crippen molar-refractivity contribution in [1.82, 2.24) is 14.8 Å². The lowest BCUT2D eigenvalue weighted by atomic mass is 9.90. The highest BCUT2D eigenvalue weighted by Crippen LogP contribution is 2.29. The number of hydrogen-bond donors (Lipinski definition) is 1. The van der Waals surface area contributed by atoms with Gasteiger partial charge < -0.3 is 10.1 Å². The van der Waals surface area contributed by atoms with E-state index in [1.165, 1.54) is 32.1 Å². The highest BCUT2D eigenvalue weighted by atomic mass is 16.5. The molecule has 1 saturated carbocycles. The number of carbonyl (C=O) groups excluding carboxylic acids is 1. The number of aromatic nitrogens is 3. The Balaban J connectivity index is 1.49. The lowest BCUT2D eigenvalue weighted by Gasteiger charge is -2.20. The number of fused-ring (bicyclic) bond motifs is 1. The first-order chi connectivity index (χ1) is 13.2. The van der Waals surface area contributed by atoms with Crippen LogP contribution in [0.2, 0.25) is 0 Å². The molecule has 2 heterocycles. The predicted octanol–water partition coefficient (Wildman–Crippen LogP) is 4.18.